The van der Waals surface area contributed by atoms with E-state index in [1.165, 1.54) is 0 Å². The summed E-state index contributed by atoms with van der Waals surface area (Å²) < 4.78 is 5.53. The Morgan fingerprint density at radius 1 is 1.30 bits per heavy atom. The van der Waals surface area contributed by atoms with Gasteiger partial charge in [0, 0.05) is 18.3 Å². The Hall–Kier alpha value is -1.92. The predicted octanol–water partition coefficient (Wildman–Crippen LogP) is 2.06. The zero-order valence-electron chi connectivity index (χ0n) is 14.2. The van der Waals surface area contributed by atoms with Gasteiger partial charge in [-0.25, -0.2) is 4.79 Å². The Morgan fingerprint density at radius 3 is 2.74 bits per heavy atom. The van der Waals surface area contributed by atoms with Crippen LogP contribution in [0.1, 0.15) is 25.0 Å². The highest BCUT2D eigenvalue weighted by Crippen LogP contribution is 2.15. The summed E-state index contributed by atoms with van der Waals surface area (Å²) in [4.78, 5) is 26.0. The van der Waals surface area contributed by atoms with Crippen molar-refractivity contribution in [1.82, 2.24) is 10.2 Å². The third-order valence-corrected chi connectivity index (χ3v) is 3.97. The molecule has 1 saturated heterocycles. The zero-order valence-corrected chi connectivity index (χ0v) is 14.2. The first kappa shape index (κ1) is 17.4. The molecule has 1 aromatic carbocycles. The molecule has 1 aliphatic heterocycles. The van der Waals surface area contributed by atoms with Crippen LogP contribution in [0.25, 0.3) is 0 Å². The molecule has 6 heteroatoms. The van der Waals surface area contributed by atoms with Gasteiger partial charge in [-0.2, -0.15) is 0 Å². The molecule has 6 nitrogen and oxygen atoms in total. The minimum Gasteiger partial charge on any atom is -0.376 e. The standard InChI is InChI=1S/C17H25N3O3/c1-11-5-6-15(12(2)7-11)18-17(22)19-16(21)9-20-8-14(4)23-10-13(20)3/h5-7,13-14H,8-10H2,1-4H3,(H2,18,19,21,22)/t13-,14-/m0/s1. The summed E-state index contributed by atoms with van der Waals surface area (Å²) in [6.07, 6.45) is 0.100. The molecule has 0 radical (unpaired) electrons. The molecule has 2 N–H and O–H groups in total. The number of urea groups is 1. The molecule has 23 heavy (non-hydrogen) atoms. The maximum absolute atomic E-state index is 12.0. The van der Waals surface area contributed by atoms with Crippen LogP contribution in [0.5, 0.6) is 0 Å². The molecule has 1 heterocycles. The summed E-state index contributed by atoms with van der Waals surface area (Å²) in [5.74, 6) is -0.312. The summed E-state index contributed by atoms with van der Waals surface area (Å²) in [6, 6.07) is 5.39. The third kappa shape index (κ3) is 5.04. The molecular formula is C17H25N3O3. The SMILES string of the molecule is Cc1ccc(NC(=O)NC(=O)CN2C[C@H](C)OC[C@@H]2C)c(C)c1. The third-order valence-electron chi connectivity index (χ3n) is 3.97. The second-order valence-corrected chi connectivity index (χ2v) is 6.24. The fraction of sp³-hybridized carbons (Fsp3) is 0.529. The number of morpholine rings is 1. The number of carbonyl (C=O) groups is 2. The van der Waals surface area contributed by atoms with Crippen LogP contribution in [0, 0.1) is 13.8 Å². The Bertz CT molecular complexity index is 588. The number of nitrogens with one attached hydrogen (secondary N) is 2. The molecule has 126 valence electrons. The molecule has 0 saturated carbocycles. The van der Waals surface area contributed by atoms with Crippen LogP contribution in [0.3, 0.4) is 0 Å². The van der Waals surface area contributed by atoms with Gasteiger partial charge in [-0.1, -0.05) is 17.7 Å². The molecule has 0 aliphatic carbocycles. The number of benzene rings is 1. The van der Waals surface area contributed by atoms with Crippen molar-refractivity contribution >= 4 is 17.6 Å². The predicted molar refractivity (Wildman–Crippen MR) is 89.5 cm³/mol. The van der Waals surface area contributed by atoms with E-state index in [9.17, 15) is 9.59 Å². The quantitative estimate of drug-likeness (QED) is 0.895. The molecule has 1 aliphatic rings. The van der Waals surface area contributed by atoms with E-state index in [0.29, 0.717) is 18.8 Å². The molecule has 0 spiro atoms. The van der Waals surface area contributed by atoms with E-state index in [2.05, 4.69) is 10.6 Å². The van der Waals surface area contributed by atoms with E-state index >= 15 is 0 Å². The van der Waals surface area contributed by atoms with Crippen molar-refractivity contribution in [2.75, 3.05) is 25.0 Å². The number of amides is 3. The van der Waals surface area contributed by atoms with E-state index in [-0.39, 0.29) is 24.6 Å². The van der Waals surface area contributed by atoms with Gasteiger partial charge in [0.05, 0.1) is 19.3 Å². The first-order valence-electron chi connectivity index (χ1n) is 7.89. The van der Waals surface area contributed by atoms with E-state index in [1.807, 2.05) is 50.8 Å². The first-order chi connectivity index (χ1) is 10.8. The summed E-state index contributed by atoms with van der Waals surface area (Å²) in [6.45, 7) is 9.37. The summed E-state index contributed by atoms with van der Waals surface area (Å²) in [7, 11) is 0. The molecule has 2 rings (SSSR count). The molecular weight excluding hydrogens is 294 g/mol. The Balaban J connectivity index is 1.86. The zero-order chi connectivity index (χ0) is 17.0. The summed E-state index contributed by atoms with van der Waals surface area (Å²) in [5, 5.41) is 5.09. The molecule has 0 aromatic heterocycles. The van der Waals surface area contributed by atoms with E-state index in [4.69, 9.17) is 4.74 Å². The van der Waals surface area contributed by atoms with Gasteiger partial charge in [0.25, 0.3) is 0 Å². The average molecular weight is 319 g/mol. The van der Waals surface area contributed by atoms with Crippen molar-refractivity contribution in [3.05, 3.63) is 29.3 Å². The number of ether oxygens (including phenoxy) is 1. The number of nitrogens with zero attached hydrogens (tertiary/aromatic N) is 1. The molecule has 3 amide bonds. The maximum atomic E-state index is 12.0. The van der Waals surface area contributed by atoms with E-state index in [0.717, 1.165) is 11.1 Å². The van der Waals surface area contributed by atoms with Gasteiger partial charge in [-0.3, -0.25) is 15.0 Å². The number of hydrogen-bond acceptors (Lipinski definition) is 4. The van der Waals surface area contributed by atoms with Crippen molar-refractivity contribution < 1.29 is 14.3 Å². The second-order valence-electron chi connectivity index (χ2n) is 6.24. The van der Waals surface area contributed by atoms with Gasteiger partial charge in [-0.15, -0.1) is 0 Å². The Labute approximate surface area is 137 Å². The first-order valence-corrected chi connectivity index (χ1v) is 7.89. The number of rotatable bonds is 3. The Morgan fingerprint density at radius 2 is 2.04 bits per heavy atom. The minimum atomic E-state index is -0.504. The van der Waals surface area contributed by atoms with Gasteiger partial charge in [0.15, 0.2) is 0 Å². The van der Waals surface area contributed by atoms with Crippen LogP contribution in [-0.4, -0.2) is 48.7 Å². The van der Waals surface area contributed by atoms with Gasteiger partial charge in [-0.05, 0) is 39.3 Å². The number of hydrogen-bond donors (Lipinski definition) is 2. The lowest BCUT2D eigenvalue weighted by atomic mass is 10.1. The molecule has 1 aromatic rings. The van der Waals surface area contributed by atoms with Crippen LogP contribution >= 0.6 is 0 Å². The summed E-state index contributed by atoms with van der Waals surface area (Å²) in [5.41, 5.74) is 2.79. The highest BCUT2D eigenvalue weighted by atomic mass is 16.5. The molecule has 2 atom stereocenters. The monoisotopic (exact) mass is 319 g/mol. The lowest BCUT2D eigenvalue weighted by molar-refractivity contribution is -0.124. The lowest BCUT2D eigenvalue weighted by Gasteiger charge is -2.36. The number of imide groups is 1. The van der Waals surface area contributed by atoms with E-state index in [1.54, 1.807) is 0 Å². The minimum absolute atomic E-state index is 0.100. The fourth-order valence-electron chi connectivity index (χ4n) is 2.65. The largest absolute Gasteiger partial charge is 0.376 e. The maximum Gasteiger partial charge on any atom is 0.325 e. The van der Waals surface area contributed by atoms with Gasteiger partial charge in [0.1, 0.15) is 0 Å². The van der Waals surface area contributed by atoms with Crippen LogP contribution in [0.15, 0.2) is 18.2 Å². The number of carbonyl (C=O) groups excluding carboxylic acids is 2. The summed E-state index contributed by atoms with van der Waals surface area (Å²) >= 11 is 0. The normalized spacial score (nSPS) is 21.7. The molecule has 0 unspecified atom stereocenters. The van der Waals surface area contributed by atoms with Crippen molar-refractivity contribution in [3.63, 3.8) is 0 Å². The average Bonchev–Trinajstić information content (AvgIpc) is 2.46. The fourth-order valence-corrected chi connectivity index (χ4v) is 2.65. The second kappa shape index (κ2) is 7.57. The van der Waals surface area contributed by atoms with Crippen molar-refractivity contribution in [2.45, 2.75) is 39.8 Å². The highest BCUT2D eigenvalue weighted by molar-refractivity contribution is 6.02. The van der Waals surface area contributed by atoms with Gasteiger partial charge in [0.2, 0.25) is 5.91 Å². The van der Waals surface area contributed by atoms with Crippen molar-refractivity contribution in [2.24, 2.45) is 0 Å². The van der Waals surface area contributed by atoms with Crippen LogP contribution < -0.4 is 10.6 Å². The highest BCUT2D eigenvalue weighted by Gasteiger charge is 2.25. The number of anilines is 1. The molecule has 0 bridgehead atoms. The van der Waals surface area contributed by atoms with Crippen molar-refractivity contribution in [1.29, 1.82) is 0 Å². The topological polar surface area (TPSA) is 70.7 Å². The smallest absolute Gasteiger partial charge is 0.325 e. The number of aryl methyl sites for hydroxylation is 2. The van der Waals surface area contributed by atoms with Gasteiger partial charge < -0.3 is 10.1 Å². The van der Waals surface area contributed by atoms with Crippen LogP contribution in [0.2, 0.25) is 0 Å². The van der Waals surface area contributed by atoms with Crippen LogP contribution in [0.4, 0.5) is 10.5 Å². The molecule has 1 fully saturated rings. The van der Waals surface area contributed by atoms with Crippen LogP contribution in [-0.2, 0) is 9.53 Å². The van der Waals surface area contributed by atoms with Crippen molar-refractivity contribution in [3.8, 4) is 0 Å². The van der Waals surface area contributed by atoms with Gasteiger partial charge >= 0.3 is 6.03 Å². The Kier molecular flexibility index (Phi) is 5.74. The van der Waals surface area contributed by atoms with E-state index < -0.39 is 6.03 Å². The lowest BCUT2D eigenvalue weighted by Crippen LogP contribution is -2.51.